The van der Waals surface area contributed by atoms with E-state index in [0.29, 0.717) is 0 Å². The average molecular weight is 399 g/mol. The molecule has 0 N–H and O–H groups in total. The number of anilines is 1. The van der Waals surface area contributed by atoms with E-state index in [1.54, 1.807) is 12.1 Å². The lowest BCUT2D eigenvalue weighted by atomic mass is 9.95. The van der Waals surface area contributed by atoms with Gasteiger partial charge in [-0.25, -0.2) is 4.39 Å². The van der Waals surface area contributed by atoms with Crippen LogP contribution in [0.25, 0.3) is 10.9 Å². The van der Waals surface area contributed by atoms with Crippen LogP contribution in [0, 0.1) is 18.7 Å². The highest BCUT2D eigenvalue weighted by molar-refractivity contribution is 5.92. The van der Waals surface area contributed by atoms with Gasteiger partial charge in [-0.1, -0.05) is 6.42 Å². The third-order valence-electron chi connectivity index (χ3n) is 6.65. The number of aryl methyl sites for hydroxylation is 1. The lowest BCUT2D eigenvalue weighted by molar-refractivity contribution is 0.180. The molecule has 3 heterocycles. The Morgan fingerprint density at radius 2 is 1.83 bits per heavy atom. The summed E-state index contributed by atoms with van der Waals surface area (Å²) in [5.74, 6) is 0.568. The number of nitrogens with zero attached hydrogens (tertiary/aromatic N) is 4. The minimum absolute atomic E-state index is 0.186. The van der Waals surface area contributed by atoms with Crippen molar-refractivity contribution in [3.63, 3.8) is 0 Å². The zero-order chi connectivity index (χ0) is 20.2. The minimum Gasteiger partial charge on any atom is -0.371 e. The highest BCUT2D eigenvalue weighted by Gasteiger charge is 2.22. The maximum absolute atomic E-state index is 13.8. The molecule has 0 bridgehead atoms. The lowest BCUT2D eigenvalue weighted by Gasteiger charge is -2.36. The number of likely N-dealkylation sites (N-methyl/N-ethyl adjacent to an activating group) is 1. The smallest absolute Gasteiger partial charge is 0.124 e. The molecule has 2 aliphatic heterocycles. The van der Waals surface area contributed by atoms with Gasteiger partial charge in [-0.2, -0.15) is 0 Å². The van der Waals surface area contributed by atoms with E-state index < -0.39 is 0 Å². The molecule has 2 fully saturated rings. The van der Waals surface area contributed by atoms with E-state index in [1.807, 2.05) is 6.92 Å². The van der Waals surface area contributed by atoms with Crippen molar-refractivity contribution in [1.29, 1.82) is 0 Å². The largest absolute Gasteiger partial charge is 0.371 e. The molecule has 158 valence electrons. The Morgan fingerprint density at radius 3 is 2.59 bits per heavy atom. The highest BCUT2D eigenvalue weighted by Crippen LogP contribution is 2.31. The van der Waals surface area contributed by atoms with Crippen LogP contribution >= 0.6 is 0 Å². The Labute approximate surface area is 174 Å². The number of rotatable bonds is 6. The third kappa shape index (κ3) is 5.26. The molecule has 0 atom stereocenters. The van der Waals surface area contributed by atoms with E-state index in [0.717, 1.165) is 41.3 Å². The number of pyridine rings is 1. The first kappa shape index (κ1) is 20.5. The van der Waals surface area contributed by atoms with Crippen molar-refractivity contribution in [2.75, 3.05) is 57.8 Å². The van der Waals surface area contributed by atoms with Crippen molar-refractivity contribution in [1.82, 2.24) is 14.8 Å². The molecule has 4 nitrogen and oxygen atoms in total. The monoisotopic (exact) mass is 398 g/mol. The summed E-state index contributed by atoms with van der Waals surface area (Å²) in [6, 6.07) is 7.06. The first-order valence-electron chi connectivity index (χ1n) is 11.3. The number of fused-ring (bicyclic) bond motifs is 1. The fourth-order valence-corrected chi connectivity index (χ4v) is 4.95. The Balaban J connectivity index is 1.31. The van der Waals surface area contributed by atoms with E-state index in [2.05, 4.69) is 32.8 Å². The fourth-order valence-electron chi connectivity index (χ4n) is 4.95. The molecule has 0 saturated carbocycles. The molecule has 0 aliphatic carbocycles. The molecule has 2 aliphatic rings. The number of benzene rings is 1. The van der Waals surface area contributed by atoms with E-state index in [-0.39, 0.29) is 5.82 Å². The number of hydrogen-bond acceptors (Lipinski definition) is 4. The van der Waals surface area contributed by atoms with Gasteiger partial charge in [0.25, 0.3) is 0 Å². The summed E-state index contributed by atoms with van der Waals surface area (Å²) in [5, 5.41) is 0.938. The number of piperidine rings is 2. The van der Waals surface area contributed by atoms with Gasteiger partial charge in [0, 0.05) is 49.5 Å². The molecule has 0 unspecified atom stereocenters. The van der Waals surface area contributed by atoms with Gasteiger partial charge in [0.05, 0.1) is 5.52 Å². The van der Waals surface area contributed by atoms with Crippen LogP contribution in [0.3, 0.4) is 0 Å². The van der Waals surface area contributed by atoms with Gasteiger partial charge in [0.15, 0.2) is 0 Å². The van der Waals surface area contributed by atoms with Crippen molar-refractivity contribution in [2.24, 2.45) is 5.92 Å². The van der Waals surface area contributed by atoms with Crippen molar-refractivity contribution in [3.8, 4) is 0 Å². The van der Waals surface area contributed by atoms with Crippen LogP contribution in [-0.4, -0.2) is 67.6 Å². The van der Waals surface area contributed by atoms with E-state index >= 15 is 0 Å². The molecule has 5 heteroatoms. The summed E-state index contributed by atoms with van der Waals surface area (Å²) in [4.78, 5) is 12.2. The summed E-state index contributed by atoms with van der Waals surface area (Å²) in [6.45, 7) is 10.2. The van der Waals surface area contributed by atoms with Crippen molar-refractivity contribution < 1.29 is 4.39 Å². The molecular weight excluding hydrogens is 363 g/mol. The fraction of sp³-hybridized carbons (Fsp3) is 0.625. The quantitative estimate of drug-likeness (QED) is 0.723. The number of aromatic nitrogens is 1. The summed E-state index contributed by atoms with van der Waals surface area (Å²) < 4.78 is 13.8. The van der Waals surface area contributed by atoms with Crippen molar-refractivity contribution in [3.05, 3.63) is 35.8 Å². The second kappa shape index (κ2) is 9.40. The number of hydrogen-bond donors (Lipinski definition) is 0. The predicted octanol–water partition coefficient (Wildman–Crippen LogP) is 4.32. The zero-order valence-electron chi connectivity index (χ0n) is 18.0. The molecule has 2 saturated heterocycles. The first-order valence-corrected chi connectivity index (χ1v) is 11.3. The summed E-state index contributed by atoms with van der Waals surface area (Å²) in [6.07, 6.45) is 6.55. The topological polar surface area (TPSA) is 22.6 Å². The molecule has 1 aromatic carbocycles. The summed E-state index contributed by atoms with van der Waals surface area (Å²) >= 11 is 0. The minimum atomic E-state index is -0.186. The van der Waals surface area contributed by atoms with Crippen molar-refractivity contribution in [2.45, 2.75) is 39.0 Å². The van der Waals surface area contributed by atoms with Gasteiger partial charge in [0.1, 0.15) is 5.82 Å². The zero-order valence-corrected chi connectivity index (χ0v) is 18.0. The maximum Gasteiger partial charge on any atom is 0.124 e. The third-order valence-corrected chi connectivity index (χ3v) is 6.65. The number of likely N-dealkylation sites (tertiary alicyclic amines) is 1. The molecule has 0 radical (unpaired) electrons. The van der Waals surface area contributed by atoms with Gasteiger partial charge in [0.2, 0.25) is 0 Å². The van der Waals surface area contributed by atoms with Gasteiger partial charge in [-0.3, -0.25) is 4.98 Å². The molecule has 1 aromatic heterocycles. The van der Waals surface area contributed by atoms with Crippen LogP contribution in [0.4, 0.5) is 10.1 Å². The second-order valence-electron chi connectivity index (χ2n) is 9.04. The van der Waals surface area contributed by atoms with E-state index in [4.69, 9.17) is 0 Å². The molecule has 0 spiro atoms. The Morgan fingerprint density at radius 1 is 1.07 bits per heavy atom. The van der Waals surface area contributed by atoms with Gasteiger partial charge in [-0.05, 0) is 82.9 Å². The Bertz CT molecular complexity index is 810. The van der Waals surface area contributed by atoms with Crippen LogP contribution < -0.4 is 4.90 Å². The Hall–Kier alpha value is -1.72. The maximum atomic E-state index is 13.8. The van der Waals surface area contributed by atoms with Crippen LogP contribution in [0.1, 0.15) is 37.8 Å². The lowest BCUT2D eigenvalue weighted by Crippen LogP contribution is -2.41. The molecule has 0 amide bonds. The van der Waals surface area contributed by atoms with Crippen LogP contribution in [-0.2, 0) is 0 Å². The molecule has 4 rings (SSSR count). The second-order valence-corrected chi connectivity index (χ2v) is 9.04. The van der Waals surface area contributed by atoms with Crippen LogP contribution in [0.15, 0.2) is 24.3 Å². The standard InChI is InChI=1S/C24H35FN4/c1-19-16-24(22-17-21(25)6-7-23(22)26-19)29-12-8-20(9-13-29)18-27(2)14-15-28-10-4-3-5-11-28/h6-7,16-17,20H,3-5,8-15,18H2,1-2H3. The van der Waals surface area contributed by atoms with Gasteiger partial charge in [-0.15, -0.1) is 0 Å². The summed E-state index contributed by atoms with van der Waals surface area (Å²) in [5.41, 5.74) is 3.03. The summed E-state index contributed by atoms with van der Waals surface area (Å²) in [7, 11) is 2.28. The SMILES string of the molecule is Cc1cc(N2CCC(CN(C)CCN3CCCCC3)CC2)c2cc(F)ccc2n1. The van der Waals surface area contributed by atoms with Crippen LogP contribution in [0.2, 0.25) is 0 Å². The predicted molar refractivity (Wildman–Crippen MR) is 119 cm³/mol. The first-order chi connectivity index (χ1) is 14.1. The van der Waals surface area contributed by atoms with E-state index in [9.17, 15) is 4.39 Å². The average Bonchev–Trinajstić information content (AvgIpc) is 2.73. The normalized spacial score (nSPS) is 19.4. The molecule has 29 heavy (non-hydrogen) atoms. The Kier molecular flexibility index (Phi) is 6.66. The molecule has 2 aromatic rings. The van der Waals surface area contributed by atoms with Crippen molar-refractivity contribution >= 4 is 16.6 Å². The van der Waals surface area contributed by atoms with Gasteiger partial charge >= 0.3 is 0 Å². The highest BCUT2D eigenvalue weighted by atomic mass is 19.1. The van der Waals surface area contributed by atoms with Crippen LogP contribution in [0.5, 0.6) is 0 Å². The van der Waals surface area contributed by atoms with Gasteiger partial charge < -0.3 is 14.7 Å². The number of halogens is 1. The molecular formula is C24H35FN4. The van der Waals surface area contributed by atoms with E-state index in [1.165, 1.54) is 70.9 Å².